The SMILES string of the molecule is O.O=[N+]([O-])[O-].[O-]c1ccccc1C=NCc1ccccn1.[OH3+].[Zn+2]. The van der Waals surface area contributed by atoms with Crippen molar-refractivity contribution in [2.24, 2.45) is 4.99 Å². The molecule has 1 heterocycles. The topological polar surface area (TPSA) is 179 Å². The van der Waals surface area contributed by atoms with Gasteiger partial charge >= 0.3 is 19.5 Å². The molecule has 23 heavy (non-hydrogen) atoms. The number of benzene rings is 1. The minimum absolute atomic E-state index is 0. The quantitative estimate of drug-likeness (QED) is 0.236. The normalized spacial score (nSPS) is 8.52. The van der Waals surface area contributed by atoms with Crippen molar-refractivity contribution >= 4 is 6.21 Å². The molecular formula is C13H16N3O6Zn+. The van der Waals surface area contributed by atoms with Crippen molar-refractivity contribution in [3.05, 3.63) is 75.2 Å². The van der Waals surface area contributed by atoms with E-state index in [0.29, 0.717) is 12.1 Å². The molecule has 9 nitrogen and oxygen atoms in total. The second kappa shape index (κ2) is 14.5. The molecule has 0 amide bonds. The number of hydrogen-bond donors (Lipinski definition) is 0. The summed E-state index contributed by atoms with van der Waals surface area (Å²) >= 11 is 0. The summed E-state index contributed by atoms with van der Waals surface area (Å²) in [6.45, 7) is 0.495. The molecule has 0 saturated carbocycles. The molecule has 0 bridgehead atoms. The van der Waals surface area contributed by atoms with Crippen molar-refractivity contribution in [3.63, 3.8) is 0 Å². The van der Waals surface area contributed by atoms with Crippen molar-refractivity contribution in [1.82, 2.24) is 4.98 Å². The first-order chi connectivity index (χ1) is 9.59. The van der Waals surface area contributed by atoms with Crippen LogP contribution in [0.1, 0.15) is 11.3 Å². The number of rotatable bonds is 3. The second-order valence-electron chi connectivity index (χ2n) is 3.55. The Labute approximate surface area is 144 Å². The number of hydrogen-bond acceptors (Lipinski definition) is 6. The van der Waals surface area contributed by atoms with Gasteiger partial charge in [-0.25, -0.2) is 0 Å². The predicted octanol–water partition coefficient (Wildman–Crippen LogP) is -0.214. The van der Waals surface area contributed by atoms with E-state index in [0.717, 1.165) is 5.69 Å². The Morgan fingerprint density at radius 1 is 1.13 bits per heavy atom. The van der Waals surface area contributed by atoms with Crippen molar-refractivity contribution < 1.29 is 40.6 Å². The first kappa shape index (κ1) is 25.5. The van der Waals surface area contributed by atoms with Gasteiger partial charge in [0, 0.05) is 12.4 Å². The zero-order chi connectivity index (χ0) is 14.8. The van der Waals surface area contributed by atoms with Gasteiger partial charge in [0.05, 0.1) is 17.3 Å². The maximum Gasteiger partial charge on any atom is 2.00 e. The Morgan fingerprint density at radius 2 is 1.70 bits per heavy atom. The summed E-state index contributed by atoms with van der Waals surface area (Å²) in [6.07, 6.45) is 3.32. The minimum atomic E-state index is -1.75. The fourth-order valence-corrected chi connectivity index (χ4v) is 1.32. The third kappa shape index (κ3) is 11.9. The van der Waals surface area contributed by atoms with Gasteiger partial charge in [-0.15, -0.1) is 5.75 Å². The van der Waals surface area contributed by atoms with Crippen LogP contribution in [0.5, 0.6) is 5.75 Å². The van der Waals surface area contributed by atoms with E-state index >= 15 is 0 Å². The van der Waals surface area contributed by atoms with Crippen LogP contribution in [0.2, 0.25) is 0 Å². The van der Waals surface area contributed by atoms with Crippen LogP contribution in [0.15, 0.2) is 53.7 Å². The summed E-state index contributed by atoms with van der Waals surface area (Å²) in [6, 6.07) is 12.5. The van der Waals surface area contributed by atoms with Crippen molar-refractivity contribution in [3.8, 4) is 5.75 Å². The van der Waals surface area contributed by atoms with Gasteiger partial charge in [0.25, 0.3) is 0 Å². The van der Waals surface area contributed by atoms with Gasteiger partial charge in [-0.05, 0) is 17.7 Å². The number of aliphatic imine (C=N–C) groups is 1. The Kier molecular flexibility index (Phi) is 16.1. The average Bonchev–Trinajstić information content (AvgIpc) is 2.42. The van der Waals surface area contributed by atoms with Crippen LogP contribution in [0.4, 0.5) is 0 Å². The van der Waals surface area contributed by atoms with Gasteiger partial charge in [0.1, 0.15) is 0 Å². The van der Waals surface area contributed by atoms with Crippen LogP contribution >= 0.6 is 0 Å². The van der Waals surface area contributed by atoms with E-state index in [1.807, 2.05) is 24.3 Å². The van der Waals surface area contributed by atoms with Crippen LogP contribution in [0.25, 0.3) is 0 Å². The number of pyridine rings is 1. The van der Waals surface area contributed by atoms with E-state index in [9.17, 15) is 5.11 Å². The maximum absolute atomic E-state index is 11.4. The molecule has 2 rings (SSSR count). The smallest absolute Gasteiger partial charge is 0.872 e. The number of nitrogens with zero attached hydrogens (tertiary/aromatic N) is 3. The Bertz CT molecular complexity index is 579. The fourth-order valence-electron chi connectivity index (χ4n) is 1.32. The summed E-state index contributed by atoms with van der Waals surface area (Å²) in [5.41, 5.74) is 1.50. The number of para-hydroxylation sites is 1. The standard InChI is InChI=1S/C13H12N2O.NO3.2H2O.Zn/c16-13-7-2-1-5-11(13)9-14-10-12-6-3-4-8-15-12;2-1(3)4;;;/h1-9,16H,10H2;;2*1H2;/q;-1;;;+2. The molecular weight excluding hydrogens is 360 g/mol. The summed E-state index contributed by atoms with van der Waals surface area (Å²) < 4.78 is 0. The van der Waals surface area contributed by atoms with E-state index in [1.165, 1.54) is 6.07 Å². The van der Waals surface area contributed by atoms with Gasteiger partial charge in [-0.1, -0.05) is 30.3 Å². The molecule has 120 valence electrons. The summed E-state index contributed by atoms with van der Waals surface area (Å²) in [7, 11) is 0. The molecule has 0 unspecified atom stereocenters. The van der Waals surface area contributed by atoms with E-state index in [-0.39, 0.29) is 36.2 Å². The van der Waals surface area contributed by atoms with Crippen LogP contribution < -0.4 is 5.11 Å². The molecule has 0 saturated heterocycles. The molecule has 1 aromatic carbocycles. The predicted molar refractivity (Wildman–Crippen MR) is 80.3 cm³/mol. The minimum Gasteiger partial charge on any atom is -0.872 e. The van der Waals surface area contributed by atoms with Gasteiger partial charge in [0.15, 0.2) is 0 Å². The Morgan fingerprint density at radius 3 is 2.22 bits per heavy atom. The van der Waals surface area contributed by atoms with Gasteiger partial charge in [-0.3, -0.25) is 9.98 Å². The zero-order valence-electron chi connectivity index (χ0n) is 12.2. The first-order valence-corrected chi connectivity index (χ1v) is 5.57. The van der Waals surface area contributed by atoms with Crippen LogP contribution in [0.3, 0.4) is 0 Å². The Balaban J connectivity index is -0.000000517. The fraction of sp³-hybridized carbons (Fsp3) is 0.0769. The molecule has 0 aliphatic carbocycles. The van der Waals surface area contributed by atoms with Crippen molar-refractivity contribution in [2.75, 3.05) is 0 Å². The molecule has 1 aromatic heterocycles. The number of aromatic nitrogens is 1. The summed E-state index contributed by atoms with van der Waals surface area (Å²) in [5.74, 6) is -0.00716. The molecule has 0 aliphatic heterocycles. The van der Waals surface area contributed by atoms with Crippen molar-refractivity contribution in [2.45, 2.75) is 6.54 Å². The van der Waals surface area contributed by atoms with Gasteiger partial charge in [0.2, 0.25) is 0 Å². The summed E-state index contributed by atoms with van der Waals surface area (Å²) in [4.78, 5) is 16.6. The monoisotopic (exact) mass is 374 g/mol. The molecule has 0 spiro atoms. The third-order valence-electron chi connectivity index (χ3n) is 2.13. The van der Waals surface area contributed by atoms with Crippen LogP contribution in [0, 0.1) is 15.3 Å². The molecule has 5 N–H and O–H groups in total. The molecule has 0 fully saturated rings. The maximum atomic E-state index is 11.4. The van der Waals surface area contributed by atoms with E-state index in [1.54, 1.807) is 24.5 Å². The Hall–Kier alpha value is -2.42. The van der Waals surface area contributed by atoms with E-state index < -0.39 is 5.09 Å². The molecule has 10 heteroatoms. The average molecular weight is 376 g/mol. The largest absolute Gasteiger partial charge is 2.00 e. The summed E-state index contributed by atoms with van der Waals surface area (Å²) in [5, 5.41) is 26.1. The second-order valence-corrected chi connectivity index (χ2v) is 3.55. The van der Waals surface area contributed by atoms with E-state index in [4.69, 9.17) is 15.3 Å². The van der Waals surface area contributed by atoms with Gasteiger partial charge in [-0.2, -0.15) is 0 Å². The third-order valence-corrected chi connectivity index (χ3v) is 2.13. The zero-order valence-corrected chi connectivity index (χ0v) is 15.1. The van der Waals surface area contributed by atoms with E-state index in [2.05, 4.69) is 9.98 Å². The van der Waals surface area contributed by atoms with Crippen molar-refractivity contribution in [1.29, 1.82) is 0 Å². The molecule has 0 atom stereocenters. The first-order valence-electron chi connectivity index (χ1n) is 5.57. The molecule has 2 aromatic rings. The van der Waals surface area contributed by atoms with Crippen LogP contribution in [-0.2, 0) is 31.5 Å². The molecule has 0 radical (unpaired) electrons. The molecule has 0 aliphatic rings. The van der Waals surface area contributed by atoms with Crippen LogP contribution in [-0.4, -0.2) is 21.8 Å². The van der Waals surface area contributed by atoms with Gasteiger partial charge < -0.3 is 31.4 Å².